The lowest BCUT2D eigenvalue weighted by atomic mass is 9.91. The minimum atomic E-state index is -0.698. The van der Waals surface area contributed by atoms with Crippen LogP contribution in [0.2, 0.25) is 0 Å². The summed E-state index contributed by atoms with van der Waals surface area (Å²) in [5.74, 6) is -0.313. The Hall–Kier alpha value is -1.42. The molecule has 0 radical (unpaired) electrons. The minimum Gasteiger partial charge on any atom is -0.469 e. The number of carbonyl (C=O) groups is 1. The molecule has 0 aliphatic rings. The van der Waals surface area contributed by atoms with Crippen molar-refractivity contribution in [3.63, 3.8) is 0 Å². The van der Waals surface area contributed by atoms with E-state index >= 15 is 0 Å². The van der Waals surface area contributed by atoms with Crippen LogP contribution >= 0.6 is 0 Å². The van der Waals surface area contributed by atoms with Crippen LogP contribution in [0.15, 0.2) is 24.5 Å². The Morgan fingerprint density at radius 2 is 2.14 bits per heavy atom. The molecule has 0 fully saturated rings. The van der Waals surface area contributed by atoms with Gasteiger partial charge in [-0.1, -0.05) is 0 Å². The molecule has 1 heterocycles. The van der Waals surface area contributed by atoms with Crippen molar-refractivity contribution in [2.75, 3.05) is 7.11 Å². The van der Waals surface area contributed by atoms with Crippen LogP contribution in [0.1, 0.15) is 18.9 Å². The molecule has 2 N–H and O–H groups in total. The van der Waals surface area contributed by atoms with E-state index in [1.54, 1.807) is 31.5 Å². The first-order valence-corrected chi connectivity index (χ1v) is 4.32. The van der Waals surface area contributed by atoms with Gasteiger partial charge in [0.25, 0.3) is 0 Å². The van der Waals surface area contributed by atoms with Gasteiger partial charge in [-0.3, -0.25) is 9.78 Å². The lowest BCUT2D eigenvalue weighted by molar-refractivity contribution is -0.141. The van der Waals surface area contributed by atoms with E-state index in [4.69, 9.17) is 5.73 Å². The third-order valence-corrected chi connectivity index (χ3v) is 2.08. The van der Waals surface area contributed by atoms with E-state index in [-0.39, 0.29) is 12.4 Å². The second-order valence-corrected chi connectivity index (χ2v) is 3.41. The summed E-state index contributed by atoms with van der Waals surface area (Å²) in [6, 6.07) is 3.59. The van der Waals surface area contributed by atoms with Gasteiger partial charge in [0.2, 0.25) is 0 Å². The molecule has 4 heteroatoms. The van der Waals surface area contributed by atoms with Gasteiger partial charge in [-0.15, -0.1) is 0 Å². The molecular weight excluding hydrogens is 180 g/mol. The molecule has 1 aromatic heterocycles. The van der Waals surface area contributed by atoms with Crippen molar-refractivity contribution in [1.29, 1.82) is 0 Å². The number of carbonyl (C=O) groups excluding carboxylic acids is 1. The predicted molar refractivity (Wildman–Crippen MR) is 52.4 cm³/mol. The Morgan fingerprint density at radius 3 is 2.64 bits per heavy atom. The number of methoxy groups -OCH3 is 1. The molecule has 0 spiro atoms. The van der Waals surface area contributed by atoms with Gasteiger partial charge in [0.1, 0.15) is 0 Å². The number of hydrogen-bond donors (Lipinski definition) is 1. The second kappa shape index (κ2) is 4.19. The molecule has 0 saturated heterocycles. The van der Waals surface area contributed by atoms with Gasteiger partial charge < -0.3 is 10.5 Å². The molecule has 1 aromatic rings. The van der Waals surface area contributed by atoms with Crippen molar-refractivity contribution in [3.05, 3.63) is 30.1 Å². The van der Waals surface area contributed by atoms with Gasteiger partial charge in [0.15, 0.2) is 0 Å². The van der Waals surface area contributed by atoms with Gasteiger partial charge >= 0.3 is 5.97 Å². The van der Waals surface area contributed by atoms with Crippen LogP contribution in [0.3, 0.4) is 0 Å². The third kappa shape index (κ3) is 2.53. The number of aromatic nitrogens is 1. The lowest BCUT2D eigenvalue weighted by Crippen LogP contribution is -2.35. The van der Waals surface area contributed by atoms with E-state index in [2.05, 4.69) is 9.72 Å². The third-order valence-electron chi connectivity index (χ3n) is 2.08. The molecule has 0 amide bonds. The number of hydrogen-bond acceptors (Lipinski definition) is 4. The summed E-state index contributed by atoms with van der Waals surface area (Å²) in [5.41, 5.74) is 6.16. The highest BCUT2D eigenvalue weighted by molar-refractivity contribution is 5.71. The molecule has 14 heavy (non-hydrogen) atoms. The summed E-state index contributed by atoms with van der Waals surface area (Å²) in [4.78, 5) is 15.0. The average Bonchev–Trinajstić information content (AvgIpc) is 2.18. The molecule has 0 aliphatic heterocycles. The number of nitrogens with two attached hydrogens (primary N) is 1. The molecule has 0 saturated carbocycles. The Morgan fingerprint density at radius 1 is 1.57 bits per heavy atom. The molecule has 0 unspecified atom stereocenters. The van der Waals surface area contributed by atoms with Crippen molar-refractivity contribution in [2.24, 2.45) is 5.73 Å². The number of pyridine rings is 1. The Kier molecular flexibility index (Phi) is 3.19. The quantitative estimate of drug-likeness (QED) is 0.723. The van der Waals surface area contributed by atoms with Crippen LogP contribution in [-0.4, -0.2) is 18.1 Å². The molecule has 1 atom stereocenters. The maximum absolute atomic E-state index is 11.1. The van der Waals surface area contributed by atoms with Crippen LogP contribution in [0.4, 0.5) is 0 Å². The van der Waals surface area contributed by atoms with E-state index in [1.165, 1.54) is 7.11 Å². The number of rotatable bonds is 3. The molecule has 0 bridgehead atoms. The monoisotopic (exact) mass is 194 g/mol. The molecule has 1 rings (SSSR count). The fourth-order valence-electron chi connectivity index (χ4n) is 1.21. The zero-order valence-corrected chi connectivity index (χ0v) is 8.36. The first kappa shape index (κ1) is 10.7. The summed E-state index contributed by atoms with van der Waals surface area (Å²) in [5, 5.41) is 0. The summed E-state index contributed by atoms with van der Waals surface area (Å²) in [6.45, 7) is 1.79. The van der Waals surface area contributed by atoms with Crippen LogP contribution in [-0.2, 0) is 15.1 Å². The fourth-order valence-corrected chi connectivity index (χ4v) is 1.21. The molecule has 4 nitrogen and oxygen atoms in total. The van der Waals surface area contributed by atoms with E-state index in [0.717, 1.165) is 5.56 Å². The van der Waals surface area contributed by atoms with E-state index in [0.29, 0.717) is 0 Å². The molecule has 0 aromatic carbocycles. The Labute approximate surface area is 83.1 Å². The van der Waals surface area contributed by atoms with E-state index in [1.807, 2.05) is 0 Å². The summed E-state index contributed by atoms with van der Waals surface area (Å²) in [6.07, 6.45) is 3.46. The summed E-state index contributed by atoms with van der Waals surface area (Å²) < 4.78 is 4.57. The first-order valence-electron chi connectivity index (χ1n) is 4.32. The Balaban J connectivity index is 2.80. The van der Waals surface area contributed by atoms with Crippen LogP contribution < -0.4 is 5.73 Å². The zero-order chi connectivity index (χ0) is 10.6. The summed E-state index contributed by atoms with van der Waals surface area (Å²) >= 11 is 0. The van der Waals surface area contributed by atoms with Gasteiger partial charge in [0, 0.05) is 17.9 Å². The molecule has 0 aliphatic carbocycles. The maximum Gasteiger partial charge on any atom is 0.307 e. The number of ether oxygens (including phenoxy) is 1. The van der Waals surface area contributed by atoms with Crippen LogP contribution in [0, 0.1) is 0 Å². The highest BCUT2D eigenvalue weighted by Crippen LogP contribution is 2.20. The standard InChI is InChI=1S/C10H14N2O2/c1-10(11,7-9(13)14-2)8-3-5-12-6-4-8/h3-6H,7,11H2,1-2H3/t10-/m0/s1. The Bertz CT molecular complexity index is 309. The zero-order valence-electron chi connectivity index (χ0n) is 8.36. The molecule has 76 valence electrons. The molecular formula is C10H14N2O2. The topological polar surface area (TPSA) is 65.2 Å². The number of esters is 1. The highest BCUT2D eigenvalue weighted by atomic mass is 16.5. The van der Waals surface area contributed by atoms with Gasteiger partial charge in [-0.05, 0) is 24.6 Å². The number of nitrogens with zero attached hydrogens (tertiary/aromatic N) is 1. The van der Waals surface area contributed by atoms with E-state index in [9.17, 15) is 4.79 Å². The summed E-state index contributed by atoms with van der Waals surface area (Å²) in [7, 11) is 1.35. The average molecular weight is 194 g/mol. The first-order chi connectivity index (χ1) is 6.56. The highest BCUT2D eigenvalue weighted by Gasteiger charge is 2.24. The second-order valence-electron chi connectivity index (χ2n) is 3.41. The maximum atomic E-state index is 11.1. The lowest BCUT2D eigenvalue weighted by Gasteiger charge is -2.23. The van der Waals surface area contributed by atoms with E-state index < -0.39 is 5.54 Å². The van der Waals surface area contributed by atoms with Crippen molar-refractivity contribution in [1.82, 2.24) is 4.98 Å². The van der Waals surface area contributed by atoms with Crippen molar-refractivity contribution in [3.8, 4) is 0 Å². The smallest absolute Gasteiger partial charge is 0.307 e. The normalized spacial score (nSPS) is 14.5. The van der Waals surface area contributed by atoms with Crippen LogP contribution in [0.25, 0.3) is 0 Å². The van der Waals surface area contributed by atoms with Gasteiger partial charge in [-0.2, -0.15) is 0 Å². The van der Waals surface area contributed by atoms with Crippen molar-refractivity contribution in [2.45, 2.75) is 18.9 Å². The van der Waals surface area contributed by atoms with Gasteiger partial charge in [-0.25, -0.2) is 0 Å². The van der Waals surface area contributed by atoms with Crippen LogP contribution in [0.5, 0.6) is 0 Å². The van der Waals surface area contributed by atoms with Crippen molar-refractivity contribution < 1.29 is 9.53 Å². The largest absolute Gasteiger partial charge is 0.469 e. The van der Waals surface area contributed by atoms with Gasteiger partial charge in [0.05, 0.1) is 13.5 Å². The van der Waals surface area contributed by atoms with Crippen molar-refractivity contribution >= 4 is 5.97 Å². The minimum absolute atomic E-state index is 0.160. The predicted octanol–water partition coefficient (Wildman–Crippen LogP) is 0.819. The SMILES string of the molecule is COC(=O)C[C@](C)(N)c1ccncc1. The fraction of sp³-hybridized carbons (Fsp3) is 0.400.